The molecule has 2 rings (SSSR count). The minimum absolute atomic E-state index is 0.0183. The SMILES string of the molecule is CCN(CC)c1cnn(CCNC(C)C2CC2)c(=O)c1. The highest BCUT2D eigenvalue weighted by atomic mass is 16.1. The molecule has 0 saturated heterocycles. The van der Waals surface area contributed by atoms with Crippen LogP contribution < -0.4 is 15.8 Å². The maximum absolute atomic E-state index is 12.0. The topological polar surface area (TPSA) is 50.2 Å². The van der Waals surface area contributed by atoms with Gasteiger partial charge in [0.15, 0.2) is 0 Å². The van der Waals surface area contributed by atoms with E-state index in [9.17, 15) is 4.79 Å². The van der Waals surface area contributed by atoms with E-state index in [2.05, 4.69) is 36.1 Å². The van der Waals surface area contributed by atoms with E-state index in [0.717, 1.165) is 31.2 Å². The molecule has 0 aliphatic heterocycles. The van der Waals surface area contributed by atoms with E-state index in [1.54, 1.807) is 16.9 Å². The van der Waals surface area contributed by atoms with Gasteiger partial charge in [-0.15, -0.1) is 0 Å². The highest BCUT2D eigenvalue weighted by molar-refractivity contribution is 5.42. The zero-order chi connectivity index (χ0) is 14.5. The minimum atomic E-state index is -0.0183. The number of rotatable bonds is 8. The van der Waals surface area contributed by atoms with Gasteiger partial charge in [-0.3, -0.25) is 4.79 Å². The lowest BCUT2D eigenvalue weighted by molar-refractivity contribution is 0.455. The lowest BCUT2D eigenvalue weighted by atomic mass is 10.2. The van der Waals surface area contributed by atoms with Crippen LogP contribution in [-0.2, 0) is 6.54 Å². The first-order valence-electron chi connectivity index (χ1n) is 7.71. The van der Waals surface area contributed by atoms with Crippen LogP contribution in [0.3, 0.4) is 0 Å². The fourth-order valence-electron chi connectivity index (χ4n) is 2.51. The summed E-state index contributed by atoms with van der Waals surface area (Å²) in [7, 11) is 0. The van der Waals surface area contributed by atoms with Gasteiger partial charge in [-0.05, 0) is 39.5 Å². The largest absolute Gasteiger partial charge is 0.371 e. The van der Waals surface area contributed by atoms with Crippen molar-refractivity contribution in [1.82, 2.24) is 15.1 Å². The van der Waals surface area contributed by atoms with Gasteiger partial charge in [-0.2, -0.15) is 5.10 Å². The zero-order valence-corrected chi connectivity index (χ0v) is 12.8. The van der Waals surface area contributed by atoms with Crippen LogP contribution in [0.2, 0.25) is 0 Å². The summed E-state index contributed by atoms with van der Waals surface area (Å²) in [6.45, 7) is 9.60. The first-order chi connectivity index (χ1) is 9.65. The highest BCUT2D eigenvalue weighted by Crippen LogP contribution is 2.32. The lowest BCUT2D eigenvalue weighted by Gasteiger charge is -2.20. The molecule has 1 aliphatic rings. The summed E-state index contributed by atoms with van der Waals surface area (Å²) in [5.41, 5.74) is 0.894. The number of anilines is 1. The minimum Gasteiger partial charge on any atom is -0.371 e. The molecule has 1 unspecified atom stereocenters. The third kappa shape index (κ3) is 3.82. The molecule has 1 N–H and O–H groups in total. The highest BCUT2D eigenvalue weighted by Gasteiger charge is 2.27. The maximum Gasteiger partial charge on any atom is 0.268 e. The van der Waals surface area contributed by atoms with Crippen molar-refractivity contribution >= 4 is 5.69 Å². The molecule has 0 bridgehead atoms. The molecule has 1 fully saturated rings. The average molecular weight is 278 g/mol. The lowest BCUT2D eigenvalue weighted by Crippen LogP contribution is -2.34. The van der Waals surface area contributed by atoms with E-state index in [4.69, 9.17) is 0 Å². The third-order valence-corrected chi connectivity index (χ3v) is 4.10. The van der Waals surface area contributed by atoms with Crippen LogP contribution in [0.5, 0.6) is 0 Å². The molecule has 0 spiro atoms. The average Bonchev–Trinajstić information content (AvgIpc) is 3.27. The van der Waals surface area contributed by atoms with Gasteiger partial charge >= 0.3 is 0 Å². The monoisotopic (exact) mass is 278 g/mol. The molecule has 1 aromatic heterocycles. The summed E-state index contributed by atoms with van der Waals surface area (Å²) in [5, 5.41) is 7.74. The van der Waals surface area contributed by atoms with Gasteiger partial charge in [-0.25, -0.2) is 4.68 Å². The van der Waals surface area contributed by atoms with Crippen LogP contribution in [0.1, 0.15) is 33.6 Å². The number of nitrogens with zero attached hydrogens (tertiary/aromatic N) is 3. The second-order valence-electron chi connectivity index (χ2n) is 5.53. The van der Waals surface area contributed by atoms with Crippen molar-refractivity contribution in [2.75, 3.05) is 24.5 Å². The van der Waals surface area contributed by atoms with Crippen molar-refractivity contribution in [3.05, 3.63) is 22.6 Å². The van der Waals surface area contributed by atoms with Crippen molar-refractivity contribution in [3.8, 4) is 0 Å². The summed E-state index contributed by atoms with van der Waals surface area (Å²) in [6.07, 6.45) is 4.47. The summed E-state index contributed by atoms with van der Waals surface area (Å²) in [4.78, 5) is 14.2. The number of nitrogens with one attached hydrogen (secondary N) is 1. The first-order valence-corrected chi connectivity index (χ1v) is 7.71. The van der Waals surface area contributed by atoms with Crippen LogP contribution in [0.4, 0.5) is 5.69 Å². The van der Waals surface area contributed by atoms with E-state index < -0.39 is 0 Å². The maximum atomic E-state index is 12.0. The number of aromatic nitrogens is 2. The Bertz CT molecular complexity index is 477. The van der Waals surface area contributed by atoms with Crippen molar-refractivity contribution in [3.63, 3.8) is 0 Å². The summed E-state index contributed by atoms with van der Waals surface area (Å²) >= 11 is 0. The van der Waals surface area contributed by atoms with E-state index in [0.29, 0.717) is 12.6 Å². The van der Waals surface area contributed by atoms with Crippen molar-refractivity contribution in [1.29, 1.82) is 0 Å². The summed E-state index contributed by atoms with van der Waals surface area (Å²) in [5.74, 6) is 0.838. The molecule has 1 saturated carbocycles. The molecule has 1 aromatic rings. The van der Waals surface area contributed by atoms with Gasteiger partial charge in [0.1, 0.15) is 0 Å². The van der Waals surface area contributed by atoms with Crippen molar-refractivity contribution in [2.45, 2.75) is 46.2 Å². The molecule has 0 aromatic carbocycles. The summed E-state index contributed by atoms with van der Waals surface area (Å²) < 4.78 is 1.54. The third-order valence-electron chi connectivity index (χ3n) is 4.10. The predicted molar refractivity (Wildman–Crippen MR) is 82.2 cm³/mol. The Balaban J connectivity index is 1.90. The van der Waals surface area contributed by atoms with Gasteiger partial charge in [0.05, 0.1) is 18.4 Å². The van der Waals surface area contributed by atoms with E-state index >= 15 is 0 Å². The molecule has 1 atom stereocenters. The zero-order valence-electron chi connectivity index (χ0n) is 12.8. The Morgan fingerprint density at radius 3 is 2.70 bits per heavy atom. The van der Waals surface area contributed by atoms with E-state index in [1.165, 1.54) is 12.8 Å². The van der Waals surface area contributed by atoms with Crippen LogP contribution in [0, 0.1) is 5.92 Å². The predicted octanol–water partition coefficient (Wildman–Crippen LogP) is 1.48. The number of hydrogen-bond acceptors (Lipinski definition) is 4. The molecule has 20 heavy (non-hydrogen) atoms. The Kier molecular flexibility index (Phi) is 5.17. The molecule has 1 heterocycles. The second kappa shape index (κ2) is 6.88. The molecule has 1 aliphatic carbocycles. The van der Waals surface area contributed by atoms with Gasteiger partial charge < -0.3 is 10.2 Å². The van der Waals surface area contributed by atoms with Gasteiger partial charge in [-0.1, -0.05) is 0 Å². The van der Waals surface area contributed by atoms with E-state index in [-0.39, 0.29) is 5.56 Å². The van der Waals surface area contributed by atoms with Gasteiger partial charge in [0.2, 0.25) is 0 Å². The molecule has 5 heteroatoms. The van der Waals surface area contributed by atoms with E-state index in [1.807, 2.05) is 0 Å². The Morgan fingerprint density at radius 1 is 1.45 bits per heavy atom. The quantitative estimate of drug-likeness (QED) is 0.782. The smallest absolute Gasteiger partial charge is 0.268 e. The van der Waals surface area contributed by atoms with Crippen LogP contribution in [0.25, 0.3) is 0 Å². The molecule has 0 radical (unpaired) electrons. The Morgan fingerprint density at radius 2 is 2.15 bits per heavy atom. The standard InChI is InChI=1S/C15H26N4O/c1-4-18(5-2)14-10-15(20)19(17-11-14)9-8-16-12(3)13-6-7-13/h10-13,16H,4-9H2,1-3H3. The number of hydrogen-bond donors (Lipinski definition) is 1. The molecule has 112 valence electrons. The Labute approximate surface area is 121 Å². The summed E-state index contributed by atoms with van der Waals surface area (Å²) in [6, 6.07) is 2.24. The molecular weight excluding hydrogens is 252 g/mol. The van der Waals surface area contributed by atoms with Crippen LogP contribution in [-0.4, -0.2) is 35.5 Å². The second-order valence-corrected chi connectivity index (χ2v) is 5.53. The normalized spacial score (nSPS) is 16.1. The Hall–Kier alpha value is -1.36. The van der Waals surface area contributed by atoms with Gasteiger partial charge in [0.25, 0.3) is 5.56 Å². The van der Waals surface area contributed by atoms with Crippen molar-refractivity contribution < 1.29 is 0 Å². The van der Waals surface area contributed by atoms with Crippen molar-refractivity contribution in [2.24, 2.45) is 5.92 Å². The molecule has 5 nitrogen and oxygen atoms in total. The molecular formula is C15H26N4O. The molecule has 0 amide bonds. The van der Waals surface area contributed by atoms with Gasteiger partial charge in [0, 0.05) is 31.7 Å². The fourth-order valence-corrected chi connectivity index (χ4v) is 2.51. The van der Waals surface area contributed by atoms with Crippen LogP contribution in [0.15, 0.2) is 17.1 Å². The first kappa shape index (κ1) is 15.0. The fraction of sp³-hybridized carbons (Fsp3) is 0.733. The van der Waals surface area contributed by atoms with Crippen LogP contribution >= 0.6 is 0 Å².